The molecule has 0 bridgehead atoms. The number of nitrogens with zero attached hydrogens (tertiary/aromatic N) is 1. The van der Waals surface area contributed by atoms with Crippen molar-refractivity contribution in [2.24, 2.45) is 0 Å². The number of aliphatic hydroxyl groups is 1. The molecule has 0 amide bonds. The van der Waals surface area contributed by atoms with Gasteiger partial charge in [0.2, 0.25) is 0 Å². The van der Waals surface area contributed by atoms with Crippen molar-refractivity contribution < 1.29 is 36.4 Å². The molecule has 0 aromatic heterocycles. The van der Waals surface area contributed by atoms with Gasteiger partial charge in [-0.1, -0.05) is 0 Å². The van der Waals surface area contributed by atoms with Crippen molar-refractivity contribution in [2.45, 2.75) is 19.0 Å². The third-order valence-electron chi connectivity index (χ3n) is 2.17. The fraction of sp³-hybridized carbons (Fsp3) is 0.333. The van der Waals surface area contributed by atoms with E-state index < -0.39 is 46.3 Å². The zero-order chi connectivity index (χ0) is 15.0. The zero-order valence-electron chi connectivity index (χ0n) is 8.84. The van der Waals surface area contributed by atoms with Crippen LogP contribution >= 0.6 is 0 Å². The summed E-state index contributed by atoms with van der Waals surface area (Å²) in [6.45, 7) is -1.32. The minimum Gasteiger partial charge on any atom is -0.391 e. The van der Waals surface area contributed by atoms with Crippen molar-refractivity contribution in [3.05, 3.63) is 38.9 Å². The molecule has 19 heavy (non-hydrogen) atoms. The van der Waals surface area contributed by atoms with E-state index in [0.717, 1.165) is 0 Å². The average Bonchev–Trinajstić information content (AvgIpc) is 2.24. The molecule has 0 aliphatic carbocycles. The molecular weight excluding hydrogens is 284 g/mol. The second-order valence-corrected chi connectivity index (χ2v) is 3.44. The highest BCUT2D eigenvalue weighted by molar-refractivity contribution is 5.52. The highest BCUT2D eigenvalue weighted by atomic mass is 19.4. The normalized spacial score (nSPS) is 12.6. The van der Waals surface area contributed by atoms with Crippen LogP contribution in [-0.4, -0.2) is 10.0 Å². The summed E-state index contributed by atoms with van der Waals surface area (Å²) < 4.78 is 74.8. The minimum atomic E-state index is -5.34. The van der Waals surface area contributed by atoms with E-state index in [1.165, 1.54) is 0 Å². The first kappa shape index (κ1) is 15.2. The van der Waals surface area contributed by atoms with Crippen LogP contribution in [0.3, 0.4) is 0 Å². The summed E-state index contributed by atoms with van der Waals surface area (Å²) in [4.78, 5) is 9.04. The number of nitro benzene ring substituents is 1. The van der Waals surface area contributed by atoms with Gasteiger partial charge in [0.25, 0.3) is 5.69 Å². The van der Waals surface area contributed by atoms with E-state index in [4.69, 9.17) is 5.11 Å². The molecule has 1 aromatic carbocycles. The van der Waals surface area contributed by atoms with Crippen LogP contribution in [0.4, 0.5) is 32.0 Å². The van der Waals surface area contributed by atoms with Gasteiger partial charge < -0.3 is 5.11 Å². The van der Waals surface area contributed by atoms with Crippen molar-refractivity contribution in [2.75, 3.05) is 0 Å². The van der Waals surface area contributed by atoms with Gasteiger partial charge in [-0.3, -0.25) is 10.1 Å². The number of aliphatic hydroxyl groups excluding tert-OH is 1. The van der Waals surface area contributed by atoms with E-state index in [1.807, 2.05) is 0 Å². The third kappa shape index (κ3) is 3.13. The van der Waals surface area contributed by atoms with E-state index in [0.29, 0.717) is 0 Å². The Balaban J connectivity index is 3.70. The maximum atomic E-state index is 12.5. The number of alkyl halides is 6. The first-order valence-corrected chi connectivity index (χ1v) is 4.55. The average molecular weight is 289 g/mol. The number of hydrogen-bond donors (Lipinski definition) is 1. The Kier molecular flexibility index (Phi) is 3.75. The molecule has 0 spiro atoms. The van der Waals surface area contributed by atoms with Crippen molar-refractivity contribution in [3.63, 3.8) is 0 Å². The first-order valence-electron chi connectivity index (χ1n) is 4.55. The smallest absolute Gasteiger partial charge is 0.391 e. The molecule has 10 heteroatoms. The largest absolute Gasteiger partial charge is 0.423 e. The van der Waals surface area contributed by atoms with Crippen LogP contribution in [0.15, 0.2) is 12.1 Å². The highest BCUT2D eigenvalue weighted by Gasteiger charge is 2.43. The Labute approximate surface area is 101 Å². The van der Waals surface area contributed by atoms with Crippen LogP contribution < -0.4 is 0 Å². The number of nitro groups is 1. The predicted molar refractivity (Wildman–Crippen MR) is 49.0 cm³/mol. The Morgan fingerprint density at radius 3 is 1.95 bits per heavy atom. The molecule has 0 unspecified atom stereocenters. The molecule has 1 N–H and O–H groups in total. The summed E-state index contributed by atoms with van der Waals surface area (Å²) in [5.41, 5.74) is -6.39. The Hall–Kier alpha value is -1.84. The molecule has 0 saturated carbocycles. The lowest BCUT2D eigenvalue weighted by atomic mass is 10.0. The van der Waals surface area contributed by atoms with Gasteiger partial charge in [0, 0.05) is 0 Å². The van der Waals surface area contributed by atoms with Crippen LogP contribution in [0, 0.1) is 10.1 Å². The first-order chi connectivity index (χ1) is 8.48. The van der Waals surface area contributed by atoms with Gasteiger partial charge in [-0.05, 0) is 12.1 Å². The predicted octanol–water partition coefficient (Wildman–Crippen LogP) is 3.12. The van der Waals surface area contributed by atoms with Crippen molar-refractivity contribution in [1.82, 2.24) is 0 Å². The van der Waals surface area contributed by atoms with Crippen molar-refractivity contribution in [1.29, 1.82) is 0 Å². The molecule has 0 aliphatic rings. The van der Waals surface area contributed by atoms with Gasteiger partial charge in [0.05, 0.1) is 22.7 Å². The summed E-state index contributed by atoms with van der Waals surface area (Å²) in [6, 6.07) is -0.231. The molecule has 0 radical (unpaired) electrons. The topological polar surface area (TPSA) is 63.4 Å². The monoisotopic (exact) mass is 289 g/mol. The van der Waals surface area contributed by atoms with E-state index in [-0.39, 0.29) is 12.1 Å². The fourth-order valence-electron chi connectivity index (χ4n) is 1.41. The lowest BCUT2D eigenvalue weighted by Crippen LogP contribution is -2.15. The molecule has 4 nitrogen and oxygen atoms in total. The van der Waals surface area contributed by atoms with Crippen LogP contribution in [0.5, 0.6) is 0 Å². The van der Waals surface area contributed by atoms with E-state index in [2.05, 4.69) is 0 Å². The molecule has 1 aromatic rings. The molecular formula is C9H5F6NO3. The lowest BCUT2D eigenvalue weighted by molar-refractivity contribution is -0.389. The Morgan fingerprint density at radius 2 is 1.63 bits per heavy atom. The van der Waals surface area contributed by atoms with Gasteiger partial charge in [0.1, 0.15) is 5.56 Å². The number of rotatable bonds is 2. The molecule has 0 saturated heterocycles. The summed E-state index contributed by atoms with van der Waals surface area (Å²) in [5.74, 6) is 0. The summed E-state index contributed by atoms with van der Waals surface area (Å²) in [6.07, 6.45) is -10.5. The van der Waals surface area contributed by atoms with Crippen LogP contribution in [0.25, 0.3) is 0 Å². The number of benzene rings is 1. The third-order valence-corrected chi connectivity index (χ3v) is 2.17. The number of hydrogen-bond acceptors (Lipinski definition) is 3. The van der Waals surface area contributed by atoms with Gasteiger partial charge >= 0.3 is 12.4 Å². The molecule has 1 rings (SSSR count). The molecule has 0 fully saturated rings. The maximum absolute atomic E-state index is 12.5. The van der Waals surface area contributed by atoms with E-state index >= 15 is 0 Å². The lowest BCUT2D eigenvalue weighted by Gasteiger charge is -2.14. The molecule has 0 aliphatic heterocycles. The quantitative estimate of drug-likeness (QED) is 0.517. The van der Waals surface area contributed by atoms with Crippen molar-refractivity contribution in [3.8, 4) is 0 Å². The molecule has 0 atom stereocenters. The van der Waals surface area contributed by atoms with E-state index in [1.54, 1.807) is 0 Å². The Bertz CT molecular complexity index is 508. The zero-order valence-corrected chi connectivity index (χ0v) is 8.84. The number of halogens is 6. The summed E-state index contributed by atoms with van der Waals surface area (Å²) >= 11 is 0. The molecule has 0 heterocycles. The fourth-order valence-corrected chi connectivity index (χ4v) is 1.41. The van der Waals surface area contributed by atoms with Gasteiger partial charge in [-0.2, -0.15) is 26.3 Å². The SMILES string of the molecule is O=[N+]([O-])c1c(CO)cc(C(F)(F)F)cc1C(F)(F)F. The van der Waals surface area contributed by atoms with Crippen LogP contribution in [-0.2, 0) is 19.0 Å². The second-order valence-electron chi connectivity index (χ2n) is 3.44. The van der Waals surface area contributed by atoms with Crippen LogP contribution in [0.1, 0.15) is 16.7 Å². The van der Waals surface area contributed by atoms with Gasteiger partial charge in [-0.25, -0.2) is 0 Å². The minimum absolute atomic E-state index is 0.118. The summed E-state index contributed by atoms with van der Waals surface area (Å²) in [7, 11) is 0. The molecule has 106 valence electrons. The van der Waals surface area contributed by atoms with Crippen LogP contribution in [0.2, 0.25) is 0 Å². The summed E-state index contributed by atoms with van der Waals surface area (Å²) in [5, 5.41) is 19.2. The maximum Gasteiger partial charge on any atom is 0.423 e. The Morgan fingerprint density at radius 1 is 1.11 bits per heavy atom. The van der Waals surface area contributed by atoms with Gasteiger partial charge in [0.15, 0.2) is 0 Å². The van der Waals surface area contributed by atoms with Crippen molar-refractivity contribution >= 4 is 5.69 Å². The second kappa shape index (κ2) is 4.68. The standard InChI is InChI=1S/C9H5F6NO3/c10-8(11,12)5-1-4(3-17)7(16(18)19)6(2-5)9(13,14)15/h1-2,17H,3H2. The van der Waals surface area contributed by atoms with E-state index in [9.17, 15) is 36.5 Å². The highest BCUT2D eigenvalue weighted by Crippen LogP contribution is 2.42. The van der Waals surface area contributed by atoms with Gasteiger partial charge in [-0.15, -0.1) is 0 Å².